The number of esters is 2. The predicted octanol–water partition coefficient (Wildman–Crippen LogP) is 0.973. The minimum absolute atomic E-state index is 0.102. The van der Waals surface area contributed by atoms with Crippen LogP contribution < -0.4 is 0 Å². The highest BCUT2D eigenvalue weighted by atomic mass is 16.7. The first-order valence-corrected chi connectivity index (χ1v) is 18.1. The number of aliphatic hydroxyl groups excluding tert-OH is 7. The second-order valence-electron chi connectivity index (χ2n) is 13.0. The monoisotopic (exact) mass is 710 g/mol. The molecule has 11 atom stereocenters. The molecule has 2 fully saturated rings. The maximum atomic E-state index is 12.6. The van der Waals surface area contributed by atoms with E-state index in [1.807, 2.05) is 0 Å². The fourth-order valence-electron chi connectivity index (χ4n) is 5.72. The molecule has 0 radical (unpaired) electrons. The lowest BCUT2D eigenvalue weighted by Crippen LogP contribution is -2.61. The average Bonchev–Trinajstić information content (AvgIpc) is 3.10. The summed E-state index contributed by atoms with van der Waals surface area (Å²) in [6, 6.07) is 0. The molecule has 2 saturated heterocycles. The van der Waals surface area contributed by atoms with Crippen molar-refractivity contribution >= 4 is 11.9 Å². The molecule has 7 N–H and O–H groups in total. The summed E-state index contributed by atoms with van der Waals surface area (Å²) in [6.45, 7) is 1.94. The molecule has 0 unspecified atom stereocenters. The standard InChI is InChI=1S/C34H62O15/c1-3-5-6-7-8-9-10-11-12-13-14-15-16-17-26(37)47-22(19-44-25(36)4-2)20-45-33-32(43)30(41)28(39)24(49-33)21-46-34-31(42)29(40)27(38)23(18-35)48-34/h22-24,27-35,38-43H,3-21H2,1-2H3/t22-,23-,24-,27+,28+,29+,30+,31-,32-,33-,34+/m1/s1. The third-order valence-electron chi connectivity index (χ3n) is 8.89. The number of carbonyl (C=O) groups is 2. The van der Waals surface area contributed by atoms with Crippen LogP contribution in [0, 0.1) is 0 Å². The van der Waals surface area contributed by atoms with E-state index in [1.165, 1.54) is 57.8 Å². The maximum absolute atomic E-state index is 12.6. The zero-order chi connectivity index (χ0) is 36.2. The lowest BCUT2D eigenvalue weighted by Gasteiger charge is -2.42. The van der Waals surface area contributed by atoms with Gasteiger partial charge in [-0.2, -0.15) is 0 Å². The number of unbranched alkanes of at least 4 members (excludes halogenated alkanes) is 12. The first kappa shape index (κ1) is 43.7. The van der Waals surface area contributed by atoms with E-state index in [1.54, 1.807) is 6.92 Å². The number of hydrogen-bond donors (Lipinski definition) is 7. The zero-order valence-corrected chi connectivity index (χ0v) is 29.2. The third kappa shape index (κ3) is 15.7. The Kier molecular flexibility index (Phi) is 22.0. The normalized spacial score (nSPS) is 31.0. The number of carbonyl (C=O) groups excluding carboxylic acids is 2. The molecule has 2 aliphatic rings. The highest BCUT2D eigenvalue weighted by Gasteiger charge is 2.47. The summed E-state index contributed by atoms with van der Waals surface area (Å²) in [5, 5.41) is 70.9. The zero-order valence-electron chi connectivity index (χ0n) is 29.2. The second kappa shape index (κ2) is 24.6. The highest BCUT2D eigenvalue weighted by molar-refractivity contribution is 5.70. The van der Waals surface area contributed by atoms with E-state index in [0.29, 0.717) is 6.42 Å². The molecule has 15 nitrogen and oxygen atoms in total. The van der Waals surface area contributed by atoms with Gasteiger partial charge < -0.3 is 64.2 Å². The Bertz CT molecular complexity index is 892. The van der Waals surface area contributed by atoms with Crippen molar-refractivity contribution in [3.8, 4) is 0 Å². The van der Waals surface area contributed by atoms with Crippen LogP contribution in [0.2, 0.25) is 0 Å². The molecule has 0 aliphatic carbocycles. The van der Waals surface area contributed by atoms with Gasteiger partial charge in [0.2, 0.25) is 0 Å². The molecule has 2 rings (SSSR count). The van der Waals surface area contributed by atoms with Crippen molar-refractivity contribution in [3.05, 3.63) is 0 Å². The van der Waals surface area contributed by atoms with Crippen LogP contribution >= 0.6 is 0 Å². The van der Waals surface area contributed by atoms with Crippen LogP contribution in [0.5, 0.6) is 0 Å². The minimum atomic E-state index is -1.75. The predicted molar refractivity (Wildman–Crippen MR) is 174 cm³/mol. The summed E-state index contributed by atoms with van der Waals surface area (Å²) in [7, 11) is 0. The van der Waals surface area contributed by atoms with Crippen molar-refractivity contribution in [2.45, 2.75) is 178 Å². The Labute approximate surface area is 289 Å². The van der Waals surface area contributed by atoms with Gasteiger partial charge in [0.25, 0.3) is 0 Å². The van der Waals surface area contributed by atoms with Crippen molar-refractivity contribution in [3.63, 3.8) is 0 Å². The van der Waals surface area contributed by atoms with Crippen molar-refractivity contribution in [2.24, 2.45) is 0 Å². The first-order valence-electron chi connectivity index (χ1n) is 18.1. The Morgan fingerprint density at radius 1 is 0.592 bits per heavy atom. The maximum Gasteiger partial charge on any atom is 0.306 e. The van der Waals surface area contributed by atoms with Gasteiger partial charge in [0.05, 0.1) is 19.8 Å². The molecule has 288 valence electrons. The summed E-state index contributed by atoms with van der Waals surface area (Å²) in [5.74, 6) is -1.02. The Morgan fingerprint density at radius 2 is 1.08 bits per heavy atom. The molecule has 0 amide bonds. The molecular formula is C34H62O15. The van der Waals surface area contributed by atoms with E-state index in [-0.39, 0.29) is 26.1 Å². The lowest BCUT2D eigenvalue weighted by molar-refractivity contribution is -0.332. The number of hydrogen-bond acceptors (Lipinski definition) is 15. The molecule has 0 bridgehead atoms. The first-order chi connectivity index (χ1) is 23.5. The smallest absolute Gasteiger partial charge is 0.306 e. The molecule has 15 heteroatoms. The van der Waals surface area contributed by atoms with Gasteiger partial charge in [0.15, 0.2) is 18.7 Å². The Morgan fingerprint density at radius 3 is 1.61 bits per heavy atom. The second-order valence-corrected chi connectivity index (χ2v) is 13.0. The molecule has 0 aromatic rings. The lowest BCUT2D eigenvalue weighted by atomic mass is 9.98. The van der Waals surface area contributed by atoms with Crippen molar-refractivity contribution in [1.82, 2.24) is 0 Å². The van der Waals surface area contributed by atoms with Crippen molar-refractivity contribution < 1.29 is 73.8 Å². The fraction of sp³-hybridized carbons (Fsp3) is 0.941. The molecule has 2 aliphatic heterocycles. The van der Waals surface area contributed by atoms with Crippen LogP contribution in [0.15, 0.2) is 0 Å². The average molecular weight is 711 g/mol. The topological polar surface area (TPSA) is 231 Å². The molecule has 0 aromatic carbocycles. The van der Waals surface area contributed by atoms with E-state index < -0.39 is 92.7 Å². The quantitative estimate of drug-likeness (QED) is 0.0517. The van der Waals surface area contributed by atoms with Crippen LogP contribution in [0.3, 0.4) is 0 Å². The van der Waals surface area contributed by atoms with E-state index in [9.17, 15) is 45.3 Å². The van der Waals surface area contributed by atoms with Crippen LogP contribution in [0.25, 0.3) is 0 Å². The Hall–Kier alpha value is -1.50. The summed E-state index contributed by atoms with van der Waals surface area (Å²) >= 11 is 0. The molecule has 0 spiro atoms. The minimum Gasteiger partial charge on any atom is -0.462 e. The highest BCUT2D eigenvalue weighted by Crippen LogP contribution is 2.26. The number of ether oxygens (including phenoxy) is 6. The third-order valence-corrected chi connectivity index (χ3v) is 8.89. The van der Waals surface area contributed by atoms with E-state index >= 15 is 0 Å². The van der Waals surface area contributed by atoms with Gasteiger partial charge in [0, 0.05) is 12.8 Å². The van der Waals surface area contributed by atoms with Crippen molar-refractivity contribution in [1.29, 1.82) is 0 Å². The van der Waals surface area contributed by atoms with Crippen LogP contribution in [0.1, 0.15) is 110 Å². The molecule has 0 saturated carbocycles. The van der Waals surface area contributed by atoms with E-state index in [0.717, 1.165) is 19.3 Å². The Balaban J connectivity index is 1.79. The fourth-order valence-corrected chi connectivity index (χ4v) is 5.72. The summed E-state index contributed by atoms with van der Waals surface area (Å²) in [6.07, 6.45) is -1.33. The van der Waals surface area contributed by atoms with Gasteiger partial charge in [-0.25, -0.2) is 0 Å². The van der Waals surface area contributed by atoms with Crippen LogP contribution in [0.4, 0.5) is 0 Å². The van der Waals surface area contributed by atoms with Gasteiger partial charge in [-0.15, -0.1) is 0 Å². The summed E-state index contributed by atoms with van der Waals surface area (Å²) in [5.41, 5.74) is 0. The molecule has 0 aromatic heterocycles. The van der Waals surface area contributed by atoms with E-state index in [4.69, 9.17) is 28.4 Å². The number of aliphatic hydroxyl groups is 7. The van der Waals surface area contributed by atoms with Gasteiger partial charge in [-0.1, -0.05) is 90.9 Å². The summed E-state index contributed by atoms with van der Waals surface area (Å²) in [4.78, 5) is 24.4. The molecule has 2 heterocycles. The van der Waals surface area contributed by atoms with E-state index in [2.05, 4.69) is 6.92 Å². The summed E-state index contributed by atoms with van der Waals surface area (Å²) < 4.78 is 32.6. The molecular weight excluding hydrogens is 648 g/mol. The van der Waals surface area contributed by atoms with Gasteiger partial charge >= 0.3 is 11.9 Å². The van der Waals surface area contributed by atoms with Crippen LogP contribution in [-0.4, -0.2) is 142 Å². The van der Waals surface area contributed by atoms with Gasteiger partial charge in [-0.05, 0) is 6.42 Å². The largest absolute Gasteiger partial charge is 0.462 e. The van der Waals surface area contributed by atoms with Crippen LogP contribution in [-0.2, 0) is 38.0 Å². The number of rotatable bonds is 25. The van der Waals surface area contributed by atoms with Gasteiger partial charge in [0.1, 0.15) is 55.4 Å². The van der Waals surface area contributed by atoms with Gasteiger partial charge in [-0.3, -0.25) is 9.59 Å². The SMILES string of the molecule is CCCCCCCCCCCCCCCC(=O)O[C@H](COC(=O)CC)CO[C@@H]1O[C@H](CO[C@H]2O[C@H](CO)[C@H](O)[C@H](O)[C@H]2O)[C@H](O)[C@H](O)[C@H]1O. The van der Waals surface area contributed by atoms with Crippen molar-refractivity contribution in [2.75, 3.05) is 26.4 Å². The molecule has 49 heavy (non-hydrogen) atoms.